The number of hydrogen-bond acceptors (Lipinski definition) is 3. The van der Waals surface area contributed by atoms with E-state index in [2.05, 4.69) is 10.00 Å². The van der Waals surface area contributed by atoms with Crippen LogP contribution in [0.4, 0.5) is 4.39 Å². The van der Waals surface area contributed by atoms with Gasteiger partial charge < -0.3 is 4.90 Å². The Morgan fingerprint density at radius 1 is 1.13 bits per heavy atom. The number of piperazine rings is 1. The standard InChI is InChI=1S/C17H21FN4O/c1-2-22-16(7-8-19-22)17(23)21-11-9-20(10-12-21)13-14-3-5-15(18)6-4-14/h3-8H,2,9-13H2,1H3. The van der Waals surface area contributed by atoms with Gasteiger partial charge in [0.2, 0.25) is 0 Å². The summed E-state index contributed by atoms with van der Waals surface area (Å²) >= 11 is 0. The molecule has 0 saturated carbocycles. The van der Waals surface area contributed by atoms with E-state index in [9.17, 15) is 9.18 Å². The van der Waals surface area contributed by atoms with Crippen LogP contribution in [-0.4, -0.2) is 51.7 Å². The molecule has 1 aliphatic rings. The molecule has 1 aromatic heterocycles. The summed E-state index contributed by atoms with van der Waals surface area (Å²) in [4.78, 5) is 16.7. The minimum atomic E-state index is -0.211. The molecular weight excluding hydrogens is 295 g/mol. The Bertz CT molecular complexity index is 659. The van der Waals surface area contributed by atoms with Crippen LogP contribution in [0.15, 0.2) is 36.5 Å². The van der Waals surface area contributed by atoms with E-state index in [1.165, 1.54) is 12.1 Å². The van der Waals surface area contributed by atoms with Crippen molar-refractivity contribution in [2.45, 2.75) is 20.0 Å². The molecule has 122 valence electrons. The zero-order valence-electron chi connectivity index (χ0n) is 13.3. The maximum absolute atomic E-state index is 12.9. The quantitative estimate of drug-likeness (QED) is 0.866. The molecule has 1 aliphatic heterocycles. The molecule has 0 unspecified atom stereocenters. The first-order chi connectivity index (χ1) is 11.2. The molecule has 1 amide bonds. The molecule has 1 fully saturated rings. The first-order valence-corrected chi connectivity index (χ1v) is 7.95. The van der Waals surface area contributed by atoms with Crippen LogP contribution in [0.25, 0.3) is 0 Å². The molecule has 0 atom stereocenters. The monoisotopic (exact) mass is 316 g/mol. The van der Waals surface area contributed by atoms with Crippen LogP contribution >= 0.6 is 0 Å². The summed E-state index contributed by atoms with van der Waals surface area (Å²) in [7, 11) is 0. The molecule has 3 rings (SSSR count). The van der Waals surface area contributed by atoms with E-state index < -0.39 is 0 Å². The van der Waals surface area contributed by atoms with Crippen molar-refractivity contribution in [1.82, 2.24) is 19.6 Å². The zero-order chi connectivity index (χ0) is 16.2. The molecule has 1 saturated heterocycles. The SMILES string of the molecule is CCn1nccc1C(=O)N1CCN(Cc2ccc(F)cc2)CC1. The van der Waals surface area contributed by atoms with E-state index in [0.29, 0.717) is 25.3 Å². The van der Waals surface area contributed by atoms with Gasteiger partial charge in [0.15, 0.2) is 0 Å². The van der Waals surface area contributed by atoms with E-state index in [1.54, 1.807) is 16.9 Å². The van der Waals surface area contributed by atoms with Gasteiger partial charge in [-0.25, -0.2) is 4.39 Å². The Morgan fingerprint density at radius 2 is 1.83 bits per heavy atom. The summed E-state index contributed by atoms with van der Waals surface area (Å²) < 4.78 is 14.7. The van der Waals surface area contributed by atoms with E-state index in [-0.39, 0.29) is 11.7 Å². The Kier molecular flexibility index (Phi) is 4.71. The number of carbonyl (C=O) groups is 1. The second kappa shape index (κ2) is 6.91. The van der Waals surface area contributed by atoms with Crippen molar-refractivity contribution in [2.75, 3.05) is 26.2 Å². The van der Waals surface area contributed by atoms with Crippen molar-refractivity contribution >= 4 is 5.91 Å². The Balaban J connectivity index is 1.56. The van der Waals surface area contributed by atoms with Crippen molar-refractivity contribution in [1.29, 1.82) is 0 Å². The third kappa shape index (κ3) is 3.59. The van der Waals surface area contributed by atoms with Crippen molar-refractivity contribution in [3.63, 3.8) is 0 Å². The van der Waals surface area contributed by atoms with Gasteiger partial charge in [0.05, 0.1) is 0 Å². The van der Waals surface area contributed by atoms with Crippen molar-refractivity contribution in [3.8, 4) is 0 Å². The van der Waals surface area contributed by atoms with Gasteiger partial charge >= 0.3 is 0 Å². The van der Waals surface area contributed by atoms with Crippen molar-refractivity contribution < 1.29 is 9.18 Å². The summed E-state index contributed by atoms with van der Waals surface area (Å²) in [6.45, 7) is 6.51. The average Bonchev–Trinajstić information content (AvgIpc) is 3.06. The first-order valence-electron chi connectivity index (χ1n) is 7.95. The Morgan fingerprint density at radius 3 is 2.48 bits per heavy atom. The van der Waals surface area contributed by atoms with Gasteiger partial charge in [0.1, 0.15) is 11.5 Å². The van der Waals surface area contributed by atoms with Crippen LogP contribution in [0.2, 0.25) is 0 Å². The predicted octanol–water partition coefficient (Wildman–Crippen LogP) is 2.00. The number of hydrogen-bond donors (Lipinski definition) is 0. The number of carbonyl (C=O) groups excluding carboxylic acids is 1. The summed E-state index contributed by atoms with van der Waals surface area (Å²) in [6.07, 6.45) is 1.67. The molecule has 0 aliphatic carbocycles. The van der Waals surface area contributed by atoms with Gasteiger partial charge in [-0.15, -0.1) is 0 Å². The summed E-state index contributed by atoms with van der Waals surface area (Å²) in [5.41, 5.74) is 1.75. The van der Waals surface area contributed by atoms with Crippen LogP contribution < -0.4 is 0 Å². The topological polar surface area (TPSA) is 41.4 Å². The van der Waals surface area contributed by atoms with Gasteiger partial charge in [-0.3, -0.25) is 14.4 Å². The second-order valence-electron chi connectivity index (χ2n) is 5.73. The maximum Gasteiger partial charge on any atom is 0.272 e. The summed E-state index contributed by atoms with van der Waals surface area (Å²) in [6, 6.07) is 8.37. The summed E-state index contributed by atoms with van der Waals surface area (Å²) in [5, 5.41) is 4.16. The number of aryl methyl sites for hydroxylation is 1. The van der Waals surface area contributed by atoms with E-state index in [4.69, 9.17) is 0 Å². The molecule has 0 bridgehead atoms. The number of halogens is 1. The third-order valence-electron chi connectivity index (χ3n) is 4.21. The number of amides is 1. The molecule has 2 aromatic rings. The van der Waals surface area contributed by atoms with Gasteiger partial charge in [0.25, 0.3) is 5.91 Å². The third-order valence-corrected chi connectivity index (χ3v) is 4.21. The molecule has 2 heterocycles. The van der Waals surface area contributed by atoms with E-state index >= 15 is 0 Å². The van der Waals surface area contributed by atoms with Gasteiger partial charge in [-0.2, -0.15) is 5.10 Å². The van der Waals surface area contributed by atoms with Crippen LogP contribution in [-0.2, 0) is 13.1 Å². The Labute approximate surface area is 135 Å². The summed E-state index contributed by atoms with van der Waals surface area (Å²) in [5.74, 6) is -0.164. The molecule has 0 N–H and O–H groups in total. The van der Waals surface area contributed by atoms with Crippen LogP contribution in [0, 0.1) is 5.82 Å². The van der Waals surface area contributed by atoms with Gasteiger partial charge in [0, 0.05) is 45.5 Å². The molecule has 0 radical (unpaired) electrons. The molecule has 1 aromatic carbocycles. The fraction of sp³-hybridized carbons (Fsp3) is 0.412. The molecule has 0 spiro atoms. The highest BCUT2D eigenvalue weighted by molar-refractivity contribution is 5.92. The lowest BCUT2D eigenvalue weighted by atomic mass is 10.2. The lowest BCUT2D eigenvalue weighted by Gasteiger charge is -2.34. The molecule has 5 nitrogen and oxygen atoms in total. The molecule has 23 heavy (non-hydrogen) atoms. The van der Waals surface area contributed by atoms with Crippen molar-refractivity contribution in [2.24, 2.45) is 0 Å². The zero-order valence-corrected chi connectivity index (χ0v) is 13.3. The number of aromatic nitrogens is 2. The highest BCUT2D eigenvalue weighted by Gasteiger charge is 2.24. The van der Waals surface area contributed by atoms with Crippen LogP contribution in [0.5, 0.6) is 0 Å². The normalized spacial score (nSPS) is 15.8. The predicted molar refractivity (Wildman–Crippen MR) is 85.5 cm³/mol. The number of nitrogens with zero attached hydrogens (tertiary/aromatic N) is 4. The highest BCUT2D eigenvalue weighted by atomic mass is 19.1. The number of benzene rings is 1. The van der Waals surface area contributed by atoms with Crippen LogP contribution in [0.1, 0.15) is 23.0 Å². The van der Waals surface area contributed by atoms with E-state index in [0.717, 1.165) is 25.2 Å². The van der Waals surface area contributed by atoms with Crippen molar-refractivity contribution in [3.05, 3.63) is 53.6 Å². The van der Waals surface area contributed by atoms with E-state index in [1.807, 2.05) is 24.0 Å². The first kappa shape index (κ1) is 15.7. The minimum Gasteiger partial charge on any atom is -0.335 e. The molecular formula is C17H21FN4O. The fourth-order valence-electron chi connectivity index (χ4n) is 2.89. The average molecular weight is 316 g/mol. The van der Waals surface area contributed by atoms with Crippen LogP contribution in [0.3, 0.4) is 0 Å². The number of rotatable bonds is 4. The maximum atomic E-state index is 12.9. The fourth-order valence-corrected chi connectivity index (χ4v) is 2.89. The lowest BCUT2D eigenvalue weighted by molar-refractivity contribution is 0.0616. The Hall–Kier alpha value is -2.21. The largest absolute Gasteiger partial charge is 0.335 e. The second-order valence-corrected chi connectivity index (χ2v) is 5.73. The lowest BCUT2D eigenvalue weighted by Crippen LogP contribution is -2.48. The van der Waals surface area contributed by atoms with Gasteiger partial charge in [-0.1, -0.05) is 12.1 Å². The smallest absolute Gasteiger partial charge is 0.272 e. The van der Waals surface area contributed by atoms with Gasteiger partial charge in [-0.05, 0) is 30.7 Å². The minimum absolute atomic E-state index is 0.0470. The highest BCUT2D eigenvalue weighted by Crippen LogP contribution is 2.12. The molecule has 6 heteroatoms.